The summed E-state index contributed by atoms with van der Waals surface area (Å²) in [5.74, 6) is -1.82. The van der Waals surface area contributed by atoms with Crippen molar-refractivity contribution >= 4 is 47.3 Å². The number of H-pyrrole nitrogens is 1. The van der Waals surface area contributed by atoms with Gasteiger partial charge in [-0.3, -0.25) is 9.59 Å². The second-order valence-electron chi connectivity index (χ2n) is 10.6. The summed E-state index contributed by atoms with van der Waals surface area (Å²) in [6, 6.07) is 0. The number of carboxylic acids is 2. The van der Waals surface area contributed by atoms with E-state index in [-0.39, 0.29) is 25.7 Å². The monoisotopic (exact) mass is 564 g/mol. The number of aromatic nitrogens is 1. The Hall–Kier alpha value is -5.05. The Kier molecular flexibility index (Phi) is 7.51. The Bertz CT molecular complexity index is 1880. The van der Waals surface area contributed by atoms with Crippen LogP contribution in [0.15, 0.2) is 90.5 Å². The molecule has 0 saturated heterocycles. The first-order valence-corrected chi connectivity index (χ1v) is 13.7. The molecule has 0 aliphatic carbocycles. The van der Waals surface area contributed by atoms with Crippen LogP contribution in [0.3, 0.4) is 0 Å². The van der Waals surface area contributed by atoms with Crippen LogP contribution in [0, 0.1) is 6.92 Å². The van der Waals surface area contributed by atoms with Gasteiger partial charge >= 0.3 is 11.9 Å². The molecule has 0 fully saturated rings. The second kappa shape index (κ2) is 11.1. The van der Waals surface area contributed by atoms with E-state index in [2.05, 4.69) is 11.6 Å². The fraction of sp³-hybridized carbons (Fsp3) is 0.242. The molecule has 42 heavy (non-hydrogen) atoms. The molecule has 1 aromatic heterocycles. The van der Waals surface area contributed by atoms with Gasteiger partial charge in [0.2, 0.25) is 0 Å². The highest BCUT2D eigenvalue weighted by Gasteiger charge is 2.27. The minimum absolute atomic E-state index is 0.0575. The first kappa shape index (κ1) is 28.5. The lowest BCUT2D eigenvalue weighted by atomic mass is 9.96. The number of aliphatic hydroxyl groups is 1. The normalized spacial score (nSPS) is 18.9. The van der Waals surface area contributed by atoms with Crippen molar-refractivity contribution in [1.29, 1.82) is 0 Å². The molecule has 0 aromatic carbocycles. The Labute approximate surface area is 242 Å². The minimum Gasteiger partial charge on any atom is -0.515 e. The number of nitrogens with zero attached hydrogens (tertiary/aromatic N) is 3. The van der Waals surface area contributed by atoms with E-state index in [0.717, 1.165) is 56.0 Å². The van der Waals surface area contributed by atoms with Gasteiger partial charge in [0.05, 0.1) is 40.5 Å². The minimum atomic E-state index is -0.915. The number of fused-ring (bicyclic) bond motifs is 5. The van der Waals surface area contributed by atoms with Crippen molar-refractivity contribution in [3.8, 4) is 0 Å². The summed E-state index contributed by atoms with van der Waals surface area (Å²) in [5.41, 5.74) is 10.2. The van der Waals surface area contributed by atoms with Crippen LogP contribution in [-0.4, -0.2) is 49.4 Å². The fourth-order valence-corrected chi connectivity index (χ4v) is 5.59. The number of carboxylic acid groups (broad SMARTS) is 2. The molecule has 0 atom stereocenters. The molecule has 5 heterocycles. The van der Waals surface area contributed by atoms with Crippen LogP contribution >= 0.6 is 0 Å². The van der Waals surface area contributed by atoms with Crippen LogP contribution in [0.2, 0.25) is 0 Å². The molecular formula is C33H32N4O5. The first-order valence-electron chi connectivity index (χ1n) is 13.7. The van der Waals surface area contributed by atoms with E-state index in [1.807, 2.05) is 52.0 Å². The van der Waals surface area contributed by atoms with Gasteiger partial charge in [0.25, 0.3) is 0 Å². The molecule has 0 amide bonds. The number of allylic oxidation sites excluding steroid dienone is 8. The smallest absolute Gasteiger partial charge is 0.303 e. The van der Waals surface area contributed by atoms with Gasteiger partial charge < -0.3 is 20.3 Å². The number of nitrogens with one attached hydrogen (secondary N) is 1. The summed E-state index contributed by atoms with van der Waals surface area (Å²) in [6.45, 7) is 11.7. The SMILES string of the molecule is C=Cc1c(C)c2[nH]c1=CC1=NC(=CC3=NC(=CC4=C(C)/C(=C/O)C(=N4)C=2)C(C)=C3CCC(=O)O)C(CCC(=O)O)=C1C. The Morgan fingerprint density at radius 2 is 1.43 bits per heavy atom. The van der Waals surface area contributed by atoms with E-state index in [1.54, 1.807) is 6.08 Å². The van der Waals surface area contributed by atoms with E-state index in [1.165, 1.54) is 0 Å². The van der Waals surface area contributed by atoms with Crippen LogP contribution in [0.4, 0.5) is 0 Å². The summed E-state index contributed by atoms with van der Waals surface area (Å²) in [5, 5.41) is 30.6. The number of hydrogen-bond donors (Lipinski definition) is 4. The van der Waals surface area contributed by atoms with Crippen molar-refractivity contribution < 1.29 is 24.9 Å². The molecule has 0 saturated carbocycles. The molecule has 4 aliphatic rings. The first-order chi connectivity index (χ1) is 20.0. The van der Waals surface area contributed by atoms with Crippen LogP contribution in [0.1, 0.15) is 57.6 Å². The molecule has 9 heteroatoms. The van der Waals surface area contributed by atoms with Crippen LogP contribution in [0.25, 0.3) is 18.2 Å². The molecule has 9 nitrogen and oxygen atoms in total. The second-order valence-corrected chi connectivity index (χ2v) is 10.6. The zero-order valence-electron chi connectivity index (χ0n) is 24.0. The van der Waals surface area contributed by atoms with E-state index in [9.17, 15) is 24.9 Å². The maximum absolute atomic E-state index is 11.5. The molecule has 5 rings (SSSR count). The van der Waals surface area contributed by atoms with Crippen LogP contribution in [-0.2, 0) is 9.59 Å². The zero-order valence-corrected chi connectivity index (χ0v) is 24.0. The van der Waals surface area contributed by atoms with E-state index < -0.39 is 11.9 Å². The highest BCUT2D eigenvalue weighted by Crippen LogP contribution is 2.36. The van der Waals surface area contributed by atoms with Gasteiger partial charge in [-0.25, -0.2) is 15.0 Å². The zero-order chi connectivity index (χ0) is 30.3. The fourth-order valence-electron chi connectivity index (χ4n) is 5.59. The van der Waals surface area contributed by atoms with Crippen molar-refractivity contribution in [1.82, 2.24) is 4.98 Å². The number of aromatic amines is 1. The lowest BCUT2D eigenvalue weighted by Gasteiger charge is -2.07. The Balaban J connectivity index is 1.82. The summed E-state index contributed by atoms with van der Waals surface area (Å²) < 4.78 is 0. The number of carbonyl (C=O) groups is 2. The number of aliphatic hydroxyl groups excluding tert-OH is 1. The van der Waals surface area contributed by atoms with Crippen molar-refractivity contribution in [3.05, 3.63) is 97.3 Å². The largest absolute Gasteiger partial charge is 0.515 e. The molecule has 0 radical (unpaired) electrons. The maximum atomic E-state index is 11.5. The van der Waals surface area contributed by atoms with Gasteiger partial charge in [0.15, 0.2) is 0 Å². The third-order valence-electron chi connectivity index (χ3n) is 8.07. The molecule has 4 N–H and O–H groups in total. The van der Waals surface area contributed by atoms with E-state index in [0.29, 0.717) is 39.8 Å². The average Bonchev–Trinajstić information content (AvgIpc) is 3.59. The van der Waals surface area contributed by atoms with Crippen molar-refractivity contribution in [2.45, 2.75) is 53.4 Å². The topological polar surface area (TPSA) is 148 Å². The van der Waals surface area contributed by atoms with Gasteiger partial charge in [0.1, 0.15) is 0 Å². The molecule has 8 bridgehead atoms. The number of aliphatic carboxylic acids is 2. The lowest BCUT2D eigenvalue weighted by molar-refractivity contribution is -0.137. The third-order valence-corrected chi connectivity index (χ3v) is 8.07. The van der Waals surface area contributed by atoms with Gasteiger partial charge in [-0.05, 0) is 98.3 Å². The summed E-state index contributed by atoms with van der Waals surface area (Å²) in [7, 11) is 0. The highest BCUT2D eigenvalue weighted by atomic mass is 16.4. The quantitative estimate of drug-likeness (QED) is 0.353. The molecule has 214 valence electrons. The van der Waals surface area contributed by atoms with Gasteiger partial charge in [-0.1, -0.05) is 12.7 Å². The summed E-state index contributed by atoms with van der Waals surface area (Å²) in [4.78, 5) is 41.1. The van der Waals surface area contributed by atoms with Crippen LogP contribution < -0.4 is 10.7 Å². The standard InChI is InChI=1S/C33H32N4O5/c1-6-20-16(2)26-13-31-23(15-38)19(5)25(37-31)11-24-17(3)21(7-9-32(39)40)29(35-24)14-30-22(8-10-33(41)42)18(4)27(36-30)12-28(20)34-26/h6,11-15,34,38H,1,7-10H2,2-5H3,(H,39,40)(H,41,42)/b23-15-,24-11?,26-13?,28-12?,30-14?. The molecule has 1 aromatic rings. The predicted octanol–water partition coefficient (Wildman–Crippen LogP) is 4.75. The molecule has 0 spiro atoms. The van der Waals surface area contributed by atoms with Crippen molar-refractivity contribution in [3.63, 3.8) is 0 Å². The average molecular weight is 565 g/mol. The maximum Gasteiger partial charge on any atom is 0.303 e. The summed E-state index contributed by atoms with van der Waals surface area (Å²) >= 11 is 0. The molecular weight excluding hydrogens is 532 g/mol. The Morgan fingerprint density at radius 1 is 0.786 bits per heavy atom. The van der Waals surface area contributed by atoms with E-state index >= 15 is 0 Å². The third kappa shape index (κ3) is 5.09. The van der Waals surface area contributed by atoms with E-state index in [4.69, 9.17) is 15.0 Å². The van der Waals surface area contributed by atoms with Gasteiger partial charge in [-0.2, -0.15) is 0 Å². The number of rotatable bonds is 7. The van der Waals surface area contributed by atoms with Crippen molar-refractivity contribution in [2.75, 3.05) is 0 Å². The predicted molar refractivity (Wildman–Crippen MR) is 165 cm³/mol. The Morgan fingerprint density at radius 3 is 2.07 bits per heavy atom. The van der Waals surface area contributed by atoms with Crippen LogP contribution in [0.5, 0.6) is 0 Å². The highest BCUT2D eigenvalue weighted by molar-refractivity contribution is 6.25. The molecule has 0 unspecified atom stereocenters. The molecule has 4 aliphatic heterocycles. The van der Waals surface area contributed by atoms with Crippen molar-refractivity contribution in [2.24, 2.45) is 15.0 Å². The lowest BCUT2D eigenvalue weighted by Crippen LogP contribution is -2.15. The van der Waals surface area contributed by atoms with Gasteiger partial charge in [0, 0.05) is 34.7 Å². The summed E-state index contributed by atoms with van der Waals surface area (Å²) in [6.07, 6.45) is 10.7. The number of hydrogen-bond acceptors (Lipinski definition) is 6. The van der Waals surface area contributed by atoms with Gasteiger partial charge in [-0.15, -0.1) is 0 Å². The number of aliphatic imine (C=N–C) groups is 3.